The van der Waals surface area contributed by atoms with Crippen molar-refractivity contribution < 1.29 is 4.79 Å². The second-order valence-corrected chi connectivity index (χ2v) is 4.16. The van der Waals surface area contributed by atoms with Crippen LogP contribution in [0.15, 0.2) is 40.4 Å². The van der Waals surface area contributed by atoms with Crippen LogP contribution in [0.4, 0.5) is 17.3 Å². The molecule has 0 radical (unpaired) electrons. The first kappa shape index (κ1) is 12.0. The van der Waals surface area contributed by atoms with Crippen LogP contribution in [0.2, 0.25) is 0 Å². The monoisotopic (exact) mass is 242 g/mol. The number of rotatable bonds is 1. The summed E-state index contributed by atoms with van der Waals surface area (Å²) in [6.45, 7) is 3.68. The molecule has 0 spiro atoms. The Balaban J connectivity index is 2.48. The zero-order valence-electron chi connectivity index (χ0n) is 10.3. The van der Waals surface area contributed by atoms with E-state index in [9.17, 15) is 4.79 Å². The molecule has 1 heterocycles. The van der Waals surface area contributed by atoms with Crippen LogP contribution in [0.3, 0.4) is 0 Å². The minimum absolute atomic E-state index is 0.0210. The molecule has 4 N–H and O–H groups in total. The summed E-state index contributed by atoms with van der Waals surface area (Å²) in [4.78, 5) is 19.7. The highest BCUT2D eigenvalue weighted by molar-refractivity contribution is 6.22. The quantitative estimate of drug-likeness (QED) is 0.734. The maximum absolute atomic E-state index is 11.3. The molecule has 1 aliphatic rings. The van der Waals surface area contributed by atoms with Gasteiger partial charge in [-0.25, -0.2) is 9.98 Å². The number of nitrogen functional groups attached to an aromatic ring is 2. The number of carbonyl (C=O) groups is 1. The Morgan fingerprint density at radius 3 is 2.28 bits per heavy atom. The highest BCUT2D eigenvalue weighted by atomic mass is 16.1. The Bertz CT molecular complexity index is 587. The summed E-state index contributed by atoms with van der Waals surface area (Å²) in [5.41, 5.74) is 14.2. The fourth-order valence-corrected chi connectivity index (χ4v) is 1.79. The second kappa shape index (κ2) is 4.44. The van der Waals surface area contributed by atoms with Gasteiger partial charge in [-0.2, -0.15) is 0 Å². The number of carbonyl (C=O) groups excluding carboxylic acids is 1. The molecule has 0 unspecified atom stereocenters. The number of ketones is 1. The smallest absolute Gasteiger partial charge is 0.179 e. The Hall–Kier alpha value is -2.43. The molecule has 18 heavy (non-hydrogen) atoms. The molecule has 1 aliphatic carbocycles. The molecule has 1 aromatic heterocycles. The normalized spacial score (nSPS) is 15.2. The largest absolute Gasteiger partial charge is 0.384 e. The van der Waals surface area contributed by atoms with E-state index in [0.717, 1.165) is 16.9 Å². The molecular formula is C13H14N4O. The summed E-state index contributed by atoms with van der Waals surface area (Å²) in [6.07, 6.45) is 3.10. The average Bonchev–Trinajstić information content (AvgIpc) is 2.25. The molecule has 0 atom stereocenters. The van der Waals surface area contributed by atoms with Crippen LogP contribution in [0, 0.1) is 0 Å². The maximum Gasteiger partial charge on any atom is 0.179 e. The van der Waals surface area contributed by atoms with E-state index >= 15 is 0 Å². The zero-order chi connectivity index (χ0) is 13.3. The number of anilines is 2. The number of pyridine rings is 1. The van der Waals surface area contributed by atoms with Crippen molar-refractivity contribution in [3.8, 4) is 0 Å². The molecule has 0 aromatic carbocycles. The van der Waals surface area contributed by atoms with Gasteiger partial charge in [0, 0.05) is 0 Å². The SMILES string of the molecule is CC1=CC(=O)C=C(C)C1=Nc1ccc(N)nc1N. The molecule has 0 bridgehead atoms. The molecular weight excluding hydrogens is 228 g/mol. The summed E-state index contributed by atoms with van der Waals surface area (Å²) in [5.74, 6) is 0.613. The number of aromatic nitrogens is 1. The second-order valence-electron chi connectivity index (χ2n) is 4.16. The van der Waals surface area contributed by atoms with Crippen LogP contribution in [0.5, 0.6) is 0 Å². The lowest BCUT2D eigenvalue weighted by Gasteiger charge is -2.12. The first-order valence-corrected chi connectivity index (χ1v) is 5.49. The topological polar surface area (TPSA) is 94.4 Å². The summed E-state index contributed by atoms with van der Waals surface area (Å²) in [7, 11) is 0. The molecule has 5 heteroatoms. The van der Waals surface area contributed by atoms with E-state index in [2.05, 4.69) is 9.98 Å². The van der Waals surface area contributed by atoms with Crippen LogP contribution in [-0.4, -0.2) is 16.5 Å². The van der Waals surface area contributed by atoms with E-state index in [4.69, 9.17) is 11.5 Å². The van der Waals surface area contributed by atoms with Gasteiger partial charge in [-0.1, -0.05) is 0 Å². The summed E-state index contributed by atoms with van der Waals surface area (Å²) >= 11 is 0. The fraction of sp³-hybridized carbons (Fsp3) is 0.154. The Morgan fingerprint density at radius 2 is 1.72 bits per heavy atom. The maximum atomic E-state index is 11.3. The Labute approximate surface area is 105 Å². The van der Waals surface area contributed by atoms with Crippen molar-refractivity contribution in [2.75, 3.05) is 11.5 Å². The van der Waals surface area contributed by atoms with Gasteiger partial charge in [0.25, 0.3) is 0 Å². The van der Waals surface area contributed by atoms with Crippen molar-refractivity contribution in [3.05, 3.63) is 35.4 Å². The minimum atomic E-state index is -0.0210. The van der Waals surface area contributed by atoms with Crippen LogP contribution in [0.25, 0.3) is 0 Å². The molecule has 0 fully saturated rings. The van der Waals surface area contributed by atoms with E-state index in [1.165, 1.54) is 0 Å². The van der Waals surface area contributed by atoms with E-state index < -0.39 is 0 Å². The molecule has 0 saturated carbocycles. The van der Waals surface area contributed by atoms with Gasteiger partial charge in [-0.3, -0.25) is 4.79 Å². The van der Waals surface area contributed by atoms with Gasteiger partial charge in [0.05, 0.1) is 5.71 Å². The number of hydrogen-bond acceptors (Lipinski definition) is 5. The number of aliphatic imine (C=N–C) groups is 1. The molecule has 2 rings (SSSR count). The number of allylic oxidation sites excluding steroid dienone is 4. The Kier molecular flexibility index (Phi) is 2.97. The third kappa shape index (κ3) is 2.29. The van der Waals surface area contributed by atoms with E-state index in [1.54, 1.807) is 24.3 Å². The van der Waals surface area contributed by atoms with Crippen molar-refractivity contribution in [2.24, 2.45) is 4.99 Å². The van der Waals surface area contributed by atoms with Gasteiger partial charge < -0.3 is 11.5 Å². The van der Waals surface area contributed by atoms with Crippen LogP contribution in [0.1, 0.15) is 13.8 Å². The van der Waals surface area contributed by atoms with Gasteiger partial charge in [-0.05, 0) is 49.3 Å². The minimum Gasteiger partial charge on any atom is -0.384 e. The fourth-order valence-electron chi connectivity index (χ4n) is 1.79. The number of hydrogen-bond donors (Lipinski definition) is 2. The van der Waals surface area contributed by atoms with E-state index in [-0.39, 0.29) is 11.6 Å². The lowest BCUT2D eigenvalue weighted by atomic mass is 9.97. The van der Waals surface area contributed by atoms with E-state index in [1.807, 2.05) is 13.8 Å². The first-order chi connectivity index (χ1) is 8.47. The van der Waals surface area contributed by atoms with Crippen molar-refractivity contribution in [2.45, 2.75) is 13.8 Å². The van der Waals surface area contributed by atoms with E-state index in [0.29, 0.717) is 11.5 Å². The highest BCUT2D eigenvalue weighted by Gasteiger charge is 2.14. The lowest BCUT2D eigenvalue weighted by molar-refractivity contribution is -0.110. The van der Waals surface area contributed by atoms with Crippen LogP contribution >= 0.6 is 0 Å². The zero-order valence-corrected chi connectivity index (χ0v) is 10.3. The van der Waals surface area contributed by atoms with Crippen molar-refractivity contribution in [1.82, 2.24) is 4.98 Å². The van der Waals surface area contributed by atoms with Gasteiger partial charge in [-0.15, -0.1) is 0 Å². The van der Waals surface area contributed by atoms with Gasteiger partial charge >= 0.3 is 0 Å². The summed E-state index contributed by atoms with van der Waals surface area (Å²) in [5, 5.41) is 0. The van der Waals surface area contributed by atoms with Crippen LogP contribution < -0.4 is 11.5 Å². The first-order valence-electron chi connectivity index (χ1n) is 5.49. The Morgan fingerprint density at radius 1 is 1.11 bits per heavy atom. The molecule has 0 aliphatic heterocycles. The summed E-state index contributed by atoms with van der Waals surface area (Å²) < 4.78 is 0. The standard InChI is InChI=1S/C13H14N4O/c1-7-5-9(18)6-8(2)12(7)16-10-3-4-11(14)17-13(10)15/h3-6H,1-2H3,(H4,14,15,17). The van der Waals surface area contributed by atoms with Crippen molar-refractivity contribution in [3.63, 3.8) is 0 Å². The summed E-state index contributed by atoms with van der Waals surface area (Å²) in [6, 6.07) is 3.35. The molecule has 92 valence electrons. The molecule has 0 saturated heterocycles. The third-order valence-electron chi connectivity index (χ3n) is 2.62. The number of nitrogens with zero attached hydrogens (tertiary/aromatic N) is 2. The van der Waals surface area contributed by atoms with Gasteiger partial charge in [0.2, 0.25) is 0 Å². The predicted molar refractivity (Wildman–Crippen MR) is 72.7 cm³/mol. The highest BCUT2D eigenvalue weighted by Crippen LogP contribution is 2.24. The van der Waals surface area contributed by atoms with Gasteiger partial charge in [0.1, 0.15) is 11.5 Å². The number of nitrogens with two attached hydrogens (primary N) is 2. The molecule has 1 aromatic rings. The van der Waals surface area contributed by atoms with Crippen molar-refractivity contribution >= 4 is 28.8 Å². The third-order valence-corrected chi connectivity index (χ3v) is 2.62. The predicted octanol–water partition coefficient (Wildman–Crippen LogP) is 1.79. The van der Waals surface area contributed by atoms with Crippen molar-refractivity contribution in [1.29, 1.82) is 0 Å². The lowest BCUT2D eigenvalue weighted by Crippen LogP contribution is -2.11. The average molecular weight is 242 g/mol. The molecule has 5 nitrogen and oxygen atoms in total. The van der Waals surface area contributed by atoms with Crippen LogP contribution in [-0.2, 0) is 4.79 Å². The molecule has 0 amide bonds. The van der Waals surface area contributed by atoms with Gasteiger partial charge in [0.15, 0.2) is 11.6 Å².